The van der Waals surface area contributed by atoms with Crippen molar-refractivity contribution in [2.45, 2.75) is 22.5 Å². The number of nitrogens with one attached hydrogen (secondary N) is 1. The van der Waals surface area contributed by atoms with Gasteiger partial charge in [0.05, 0.1) is 15.0 Å². The van der Waals surface area contributed by atoms with Crippen molar-refractivity contribution >= 4 is 60.8 Å². The van der Waals surface area contributed by atoms with E-state index in [9.17, 15) is 4.79 Å². The minimum atomic E-state index is -0.142. The number of thioether (sulfide) groups is 1. The van der Waals surface area contributed by atoms with Crippen molar-refractivity contribution in [2.24, 2.45) is 0 Å². The van der Waals surface area contributed by atoms with E-state index in [1.165, 1.54) is 0 Å². The van der Waals surface area contributed by atoms with Crippen LogP contribution in [0.2, 0.25) is 0 Å². The maximum Gasteiger partial charge on any atom is 0.238 e. The van der Waals surface area contributed by atoms with Crippen LogP contribution in [0.25, 0.3) is 10.2 Å². The molecule has 1 heterocycles. The Hall–Kier alpha value is -0.590. The van der Waals surface area contributed by atoms with E-state index in [4.69, 9.17) is 0 Å². The van der Waals surface area contributed by atoms with Gasteiger partial charge in [0.1, 0.15) is 0 Å². The molecular formula is C12H13BrN2OS2. The minimum Gasteiger partial charge on any atom is -0.325 e. The summed E-state index contributed by atoms with van der Waals surface area (Å²) in [6.45, 7) is 1.97. The third kappa shape index (κ3) is 3.05. The van der Waals surface area contributed by atoms with Gasteiger partial charge in [0, 0.05) is 5.69 Å². The van der Waals surface area contributed by atoms with E-state index in [1.807, 2.05) is 31.4 Å². The lowest BCUT2D eigenvalue weighted by Crippen LogP contribution is -2.21. The molecule has 0 saturated heterocycles. The predicted molar refractivity (Wildman–Crippen MR) is 83.0 cm³/mol. The third-order valence-electron chi connectivity index (χ3n) is 2.45. The zero-order valence-corrected chi connectivity index (χ0v) is 13.3. The molecule has 0 aliphatic heterocycles. The number of fused-ring (bicyclic) bond motifs is 1. The normalized spacial score (nSPS) is 12.6. The molecule has 6 heteroatoms. The molecule has 0 radical (unpaired) electrons. The van der Waals surface area contributed by atoms with Gasteiger partial charge in [-0.15, -0.1) is 11.3 Å². The fourth-order valence-electron chi connectivity index (χ4n) is 1.47. The number of nitrogens with zero attached hydrogens (tertiary/aromatic N) is 1. The van der Waals surface area contributed by atoms with E-state index in [0.29, 0.717) is 0 Å². The van der Waals surface area contributed by atoms with Crippen molar-refractivity contribution in [3.63, 3.8) is 0 Å². The fraction of sp³-hybridized carbons (Fsp3) is 0.333. The molecule has 3 nitrogen and oxygen atoms in total. The summed E-state index contributed by atoms with van der Waals surface area (Å²) >= 11 is 6.62. The Balaban J connectivity index is 2.21. The van der Waals surface area contributed by atoms with Gasteiger partial charge in [-0.3, -0.25) is 4.79 Å². The molecule has 2 rings (SSSR count). The number of alkyl halides is 1. The molecular weight excluding hydrogens is 332 g/mol. The zero-order chi connectivity index (χ0) is 13.1. The number of carbonyl (C=O) groups excluding carboxylic acids is 1. The average molecular weight is 345 g/mol. The molecule has 0 fully saturated rings. The molecule has 1 aromatic carbocycles. The lowest BCUT2D eigenvalue weighted by molar-refractivity contribution is -0.115. The molecule has 0 saturated carbocycles. The Morgan fingerprint density at radius 2 is 2.39 bits per heavy atom. The van der Waals surface area contributed by atoms with E-state index in [0.717, 1.165) is 26.7 Å². The highest BCUT2D eigenvalue weighted by Gasteiger charge is 2.12. The number of hydrogen-bond acceptors (Lipinski definition) is 4. The number of thiazole rings is 1. The summed E-state index contributed by atoms with van der Waals surface area (Å²) < 4.78 is 2.14. The highest BCUT2D eigenvalue weighted by atomic mass is 79.9. The van der Waals surface area contributed by atoms with E-state index >= 15 is 0 Å². The van der Waals surface area contributed by atoms with Crippen LogP contribution in [0.3, 0.4) is 0 Å². The SMILES string of the molecule is CCC(Br)C(=O)Nc1ccc2nc(SC)sc2c1. The van der Waals surface area contributed by atoms with Gasteiger partial charge in [-0.25, -0.2) is 4.98 Å². The van der Waals surface area contributed by atoms with Crippen molar-refractivity contribution in [2.75, 3.05) is 11.6 Å². The van der Waals surface area contributed by atoms with Crippen LogP contribution in [0.5, 0.6) is 0 Å². The quantitative estimate of drug-likeness (QED) is 0.669. The molecule has 96 valence electrons. The first-order valence-corrected chi connectivity index (χ1v) is 8.49. The number of carbonyl (C=O) groups is 1. The molecule has 1 aromatic heterocycles. The molecule has 1 atom stereocenters. The fourth-order valence-corrected chi connectivity index (χ4v) is 3.12. The Bertz CT molecular complexity index is 570. The second-order valence-corrected chi connectivity index (χ2v) is 6.92. The van der Waals surface area contributed by atoms with Crippen molar-refractivity contribution in [1.29, 1.82) is 0 Å². The Labute approximate surface area is 122 Å². The van der Waals surface area contributed by atoms with Crippen LogP contribution >= 0.6 is 39.0 Å². The minimum absolute atomic E-state index is 0.00791. The van der Waals surface area contributed by atoms with E-state index < -0.39 is 0 Å². The van der Waals surface area contributed by atoms with E-state index in [2.05, 4.69) is 26.2 Å². The number of benzene rings is 1. The van der Waals surface area contributed by atoms with Gasteiger partial charge in [0.2, 0.25) is 5.91 Å². The Morgan fingerprint density at radius 3 is 3.06 bits per heavy atom. The van der Waals surface area contributed by atoms with Gasteiger partial charge >= 0.3 is 0 Å². The van der Waals surface area contributed by atoms with Crippen molar-refractivity contribution in [3.8, 4) is 0 Å². The second kappa shape index (κ2) is 6.04. The van der Waals surface area contributed by atoms with Gasteiger partial charge in [-0.05, 0) is 30.9 Å². The van der Waals surface area contributed by atoms with Gasteiger partial charge in [0.15, 0.2) is 4.34 Å². The molecule has 1 amide bonds. The van der Waals surface area contributed by atoms with Crippen LogP contribution in [-0.4, -0.2) is 22.0 Å². The Kier molecular flexibility index (Phi) is 4.64. The average Bonchev–Trinajstić information content (AvgIpc) is 2.79. The second-order valence-electron chi connectivity index (χ2n) is 3.73. The largest absolute Gasteiger partial charge is 0.325 e. The lowest BCUT2D eigenvalue weighted by atomic mass is 10.2. The molecule has 0 bridgehead atoms. The van der Waals surface area contributed by atoms with Gasteiger partial charge in [-0.2, -0.15) is 0 Å². The van der Waals surface area contributed by atoms with Crippen molar-refractivity contribution < 1.29 is 4.79 Å². The highest BCUT2D eigenvalue weighted by molar-refractivity contribution is 9.10. The monoisotopic (exact) mass is 344 g/mol. The number of rotatable bonds is 4. The third-order valence-corrected chi connectivity index (χ3v) is 5.52. The molecule has 0 aliphatic rings. The van der Waals surface area contributed by atoms with Gasteiger partial charge in [-0.1, -0.05) is 34.6 Å². The van der Waals surface area contributed by atoms with Crippen molar-refractivity contribution in [1.82, 2.24) is 4.98 Å². The summed E-state index contributed by atoms with van der Waals surface area (Å²) in [6, 6.07) is 5.80. The standard InChI is InChI=1S/C12H13BrN2OS2/c1-3-8(13)11(16)14-7-4-5-9-10(6-7)18-12(15-9)17-2/h4-6,8H,3H2,1-2H3,(H,14,16). The number of anilines is 1. The summed E-state index contributed by atoms with van der Waals surface area (Å²) in [7, 11) is 0. The van der Waals surface area contributed by atoms with Crippen LogP contribution in [0, 0.1) is 0 Å². The maximum atomic E-state index is 11.8. The number of aromatic nitrogens is 1. The van der Waals surface area contributed by atoms with Crippen LogP contribution < -0.4 is 5.32 Å². The van der Waals surface area contributed by atoms with E-state index in [-0.39, 0.29) is 10.7 Å². The van der Waals surface area contributed by atoms with Crippen molar-refractivity contribution in [3.05, 3.63) is 18.2 Å². The molecule has 0 spiro atoms. The van der Waals surface area contributed by atoms with Crippen LogP contribution in [0.15, 0.2) is 22.5 Å². The summed E-state index contributed by atoms with van der Waals surface area (Å²) in [6.07, 6.45) is 2.78. The molecule has 1 unspecified atom stereocenters. The molecule has 18 heavy (non-hydrogen) atoms. The maximum absolute atomic E-state index is 11.8. The van der Waals surface area contributed by atoms with Gasteiger partial charge < -0.3 is 5.32 Å². The molecule has 1 N–H and O–H groups in total. The van der Waals surface area contributed by atoms with Crippen LogP contribution in [0.1, 0.15) is 13.3 Å². The lowest BCUT2D eigenvalue weighted by Gasteiger charge is -2.08. The predicted octanol–water partition coefficient (Wildman–Crippen LogP) is 4.13. The smallest absolute Gasteiger partial charge is 0.238 e. The summed E-state index contributed by atoms with van der Waals surface area (Å²) in [5.41, 5.74) is 1.80. The number of halogens is 1. The Morgan fingerprint density at radius 1 is 1.61 bits per heavy atom. The molecule has 2 aromatic rings. The van der Waals surface area contributed by atoms with Crippen LogP contribution in [-0.2, 0) is 4.79 Å². The first-order chi connectivity index (χ1) is 8.63. The number of amides is 1. The molecule has 0 aliphatic carbocycles. The van der Waals surface area contributed by atoms with Gasteiger partial charge in [0.25, 0.3) is 0 Å². The first kappa shape index (κ1) is 13.8. The number of hydrogen-bond donors (Lipinski definition) is 1. The summed E-state index contributed by atoms with van der Waals surface area (Å²) in [5, 5.41) is 2.90. The summed E-state index contributed by atoms with van der Waals surface area (Å²) in [4.78, 5) is 16.1. The van der Waals surface area contributed by atoms with E-state index in [1.54, 1.807) is 23.1 Å². The van der Waals surface area contributed by atoms with Crippen LogP contribution in [0.4, 0.5) is 5.69 Å². The topological polar surface area (TPSA) is 42.0 Å². The zero-order valence-electron chi connectivity index (χ0n) is 10.1. The first-order valence-electron chi connectivity index (χ1n) is 5.53. The summed E-state index contributed by atoms with van der Waals surface area (Å²) in [5.74, 6) is -0.00791. The highest BCUT2D eigenvalue weighted by Crippen LogP contribution is 2.30.